The minimum atomic E-state index is -0.608. The lowest BCUT2D eigenvalue weighted by molar-refractivity contribution is -0.142. The second-order valence-corrected chi connectivity index (χ2v) is 6.56. The Morgan fingerprint density at radius 1 is 1.14 bits per heavy atom. The van der Waals surface area contributed by atoms with Crippen LogP contribution in [0.5, 0.6) is 5.75 Å². The number of nitriles is 1. The molecule has 2 aromatic carbocycles. The summed E-state index contributed by atoms with van der Waals surface area (Å²) < 4.78 is 9.71. The highest BCUT2D eigenvalue weighted by atomic mass is 35.5. The number of carbonyl (C=O) groups is 2. The minimum Gasteiger partial charge on any atom is -0.479 e. The van der Waals surface area contributed by atoms with Crippen LogP contribution in [0.25, 0.3) is 6.08 Å². The molecule has 2 aromatic rings. The summed E-state index contributed by atoms with van der Waals surface area (Å²) in [5.41, 5.74) is 0.728. The summed E-state index contributed by atoms with van der Waals surface area (Å²) in [5.74, 6) is -1.11. The molecule has 0 fully saturated rings. The normalized spacial score (nSPS) is 10.8. The summed E-state index contributed by atoms with van der Waals surface area (Å²) in [6.07, 6.45) is 1.33. The Morgan fingerprint density at radius 3 is 2.29 bits per heavy atom. The first-order valence-electron chi connectivity index (χ1n) is 7.71. The lowest BCUT2D eigenvalue weighted by Crippen LogP contribution is -2.13. The van der Waals surface area contributed by atoms with Crippen LogP contribution < -0.4 is 10.1 Å². The predicted molar refractivity (Wildman–Crippen MR) is 108 cm³/mol. The van der Waals surface area contributed by atoms with E-state index >= 15 is 0 Å². The Kier molecular flexibility index (Phi) is 7.70. The minimum absolute atomic E-state index is 0.0926. The first kappa shape index (κ1) is 21.6. The van der Waals surface area contributed by atoms with Crippen LogP contribution in [-0.4, -0.2) is 25.6 Å². The lowest BCUT2D eigenvalue weighted by Gasteiger charge is -2.10. The Labute approximate surface area is 176 Å². The van der Waals surface area contributed by atoms with E-state index in [1.165, 1.54) is 25.3 Å². The number of rotatable bonds is 6. The number of halogens is 3. The molecular weight excluding hydrogens is 427 g/mol. The van der Waals surface area contributed by atoms with E-state index in [0.717, 1.165) is 0 Å². The first-order valence-corrected chi connectivity index (χ1v) is 8.84. The van der Waals surface area contributed by atoms with Gasteiger partial charge in [0.05, 0.1) is 17.2 Å². The van der Waals surface area contributed by atoms with Gasteiger partial charge in [-0.2, -0.15) is 5.26 Å². The Balaban J connectivity index is 2.21. The molecule has 0 heterocycles. The average molecular weight is 440 g/mol. The predicted octanol–water partition coefficient (Wildman–Crippen LogP) is 4.74. The second kappa shape index (κ2) is 10.00. The molecule has 9 heteroatoms. The van der Waals surface area contributed by atoms with Gasteiger partial charge in [-0.3, -0.25) is 4.79 Å². The summed E-state index contributed by atoms with van der Waals surface area (Å²) in [4.78, 5) is 23.5. The van der Waals surface area contributed by atoms with E-state index in [1.54, 1.807) is 24.3 Å². The van der Waals surface area contributed by atoms with Crippen LogP contribution in [0, 0.1) is 11.3 Å². The summed E-state index contributed by atoms with van der Waals surface area (Å²) in [6.45, 7) is -0.363. The Bertz CT molecular complexity index is 943. The van der Waals surface area contributed by atoms with Gasteiger partial charge in [0.1, 0.15) is 11.6 Å². The van der Waals surface area contributed by atoms with Gasteiger partial charge in [-0.15, -0.1) is 0 Å². The zero-order valence-corrected chi connectivity index (χ0v) is 16.7. The number of anilines is 1. The third-order valence-corrected chi connectivity index (χ3v) is 4.17. The molecule has 0 aromatic heterocycles. The maximum absolute atomic E-state index is 12.3. The number of carbonyl (C=O) groups excluding carboxylic acids is 2. The average Bonchev–Trinajstić information content (AvgIpc) is 2.66. The topological polar surface area (TPSA) is 88.4 Å². The molecule has 0 atom stereocenters. The van der Waals surface area contributed by atoms with Gasteiger partial charge in [0.15, 0.2) is 12.4 Å². The molecule has 28 heavy (non-hydrogen) atoms. The number of hydrogen-bond donors (Lipinski definition) is 1. The summed E-state index contributed by atoms with van der Waals surface area (Å²) in [5, 5.41) is 12.6. The van der Waals surface area contributed by atoms with Gasteiger partial charge in [0.25, 0.3) is 5.91 Å². The molecule has 0 bridgehead atoms. The van der Waals surface area contributed by atoms with E-state index < -0.39 is 11.9 Å². The first-order chi connectivity index (χ1) is 13.3. The number of esters is 1. The SMILES string of the molecule is COC(=O)COc1c(Cl)cc(/C=C(/C#N)C(=O)Nc2ccc(Cl)cc2)cc1Cl. The fourth-order valence-electron chi connectivity index (χ4n) is 2.04. The number of nitrogens with zero attached hydrogens (tertiary/aromatic N) is 1. The molecule has 1 N–H and O–H groups in total. The molecule has 6 nitrogen and oxygen atoms in total. The van der Waals surface area contributed by atoms with Crippen molar-refractivity contribution in [2.75, 3.05) is 19.0 Å². The van der Waals surface area contributed by atoms with Crippen molar-refractivity contribution in [2.45, 2.75) is 0 Å². The molecule has 144 valence electrons. The van der Waals surface area contributed by atoms with Gasteiger partial charge in [-0.1, -0.05) is 34.8 Å². The van der Waals surface area contributed by atoms with Crippen molar-refractivity contribution in [2.24, 2.45) is 0 Å². The Hall–Kier alpha value is -2.72. The third-order valence-electron chi connectivity index (χ3n) is 3.36. The van der Waals surface area contributed by atoms with E-state index in [0.29, 0.717) is 16.3 Å². The largest absolute Gasteiger partial charge is 0.479 e. The van der Waals surface area contributed by atoms with Crippen molar-refractivity contribution >= 4 is 58.4 Å². The van der Waals surface area contributed by atoms with Crippen molar-refractivity contribution in [3.63, 3.8) is 0 Å². The molecule has 0 saturated carbocycles. The summed E-state index contributed by atoms with van der Waals surface area (Å²) in [6, 6.07) is 11.2. The smallest absolute Gasteiger partial charge is 0.343 e. The van der Waals surface area contributed by atoms with Crippen LogP contribution >= 0.6 is 34.8 Å². The molecule has 0 aliphatic carbocycles. The number of hydrogen-bond acceptors (Lipinski definition) is 5. The van der Waals surface area contributed by atoms with Crippen LogP contribution in [0.15, 0.2) is 42.0 Å². The van der Waals surface area contributed by atoms with Gasteiger partial charge in [0, 0.05) is 10.7 Å². The molecule has 0 saturated heterocycles. The van der Waals surface area contributed by atoms with E-state index in [9.17, 15) is 14.9 Å². The van der Waals surface area contributed by atoms with Gasteiger partial charge in [0.2, 0.25) is 0 Å². The van der Waals surface area contributed by atoms with E-state index in [2.05, 4.69) is 10.1 Å². The van der Waals surface area contributed by atoms with Gasteiger partial charge in [-0.05, 0) is 48.0 Å². The van der Waals surface area contributed by atoms with E-state index in [4.69, 9.17) is 39.5 Å². The molecule has 1 amide bonds. The molecule has 2 rings (SSSR count). The van der Waals surface area contributed by atoms with Gasteiger partial charge < -0.3 is 14.8 Å². The monoisotopic (exact) mass is 438 g/mol. The highest BCUT2D eigenvalue weighted by Gasteiger charge is 2.14. The van der Waals surface area contributed by atoms with Crippen LogP contribution in [-0.2, 0) is 14.3 Å². The van der Waals surface area contributed by atoms with Crippen LogP contribution in [0.1, 0.15) is 5.56 Å². The number of nitrogens with one attached hydrogen (secondary N) is 1. The van der Waals surface area contributed by atoms with Crippen molar-refractivity contribution in [1.82, 2.24) is 0 Å². The molecule has 0 unspecified atom stereocenters. The maximum atomic E-state index is 12.3. The van der Waals surface area contributed by atoms with Crippen LogP contribution in [0.2, 0.25) is 15.1 Å². The Morgan fingerprint density at radius 2 is 1.75 bits per heavy atom. The van der Waals surface area contributed by atoms with Crippen LogP contribution in [0.3, 0.4) is 0 Å². The number of amides is 1. The molecule has 0 aliphatic rings. The van der Waals surface area contributed by atoms with Crippen molar-refractivity contribution in [1.29, 1.82) is 5.26 Å². The number of ether oxygens (including phenoxy) is 2. The lowest BCUT2D eigenvalue weighted by atomic mass is 10.1. The van der Waals surface area contributed by atoms with Crippen LogP contribution in [0.4, 0.5) is 5.69 Å². The summed E-state index contributed by atoms with van der Waals surface area (Å²) in [7, 11) is 1.22. The van der Waals surface area contributed by atoms with E-state index in [-0.39, 0.29) is 28.0 Å². The molecular formula is C19H13Cl3N2O4. The third kappa shape index (κ3) is 5.89. The highest BCUT2D eigenvalue weighted by molar-refractivity contribution is 6.37. The zero-order chi connectivity index (χ0) is 20.7. The molecule has 0 spiro atoms. The maximum Gasteiger partial charge on any atom is 0.343 e. The number of methoxy groups -OCH3 is 1. The van der Waals surface area contributed by atoms with Crippen molar-refractivity contribution in [3.8, 4) is 11.8 Å². The van der Waals surface area contributed by atoms with Crippen molar-refractivity contribution < 1.29 is 19.1 Å². The molecule has 0 radical (unpaired) electrons. The zero-order valence-electron chi connectivity index (χ0n) is 14.5. The fraction of sp³-hybridized carbons (Fsp3) is 0.105. The van der Waals surface area contributed by atoms with E-state index in [1.807, 2.05) is 6.07 Å². The van der Waals surface area contributed by atoms with Gasteiger partial charge >= 0.3 is 5.97 Å². The second-order valence-electron chi connectivity index (χ2n) is 5.31. The summed E-state index contributed by atoms with van der Waals surface area (Å²) >= 11 is 18.0. The quantitative estimate of drug-likeness (QED) is 0.399. The number of benzene rings is 2. The van der Waals surface area contributed by atoms with Crippen molar-refractivity contribution in [3.05, 3.63) is 62.6 Å². The van der Waals surface area contributed by atoms with Gasteiger partial charge in [-0.25, -0.2) is 4.79 Å². The standard InChI is InChI=1S/C19H13Cl3N2O4/c1-27-17(25)10-28-18-15(21)7-11(8-16(18)22)6-12(9-23)19(26)24-14-4-2-13(20)3-5-14/h2-8H,10H2,1H3,(H,24,26)/b12-6-. The highest BCUT2D eigenvalue weighted by Crippen LogP contribution is 2.35. The fourth-order valence-corrected chi connectivity index (χ4v) is 2.78. The molecule has 0 aliphatic heterocycles.